The van der Waals surface area contributed by atoms with E-state index in [0.29, 0.717) is 12.3 Å². The zero-order valence-electron chi connectivity index (χ0n) is 13.6. The number of aliphatic hydroxyl groups excluding tert-OH is 3. The Morgan fingerprint density at radius 3 is 2.19 bits per heavy atom. The molecule has 0 unspecified atom stereocenters. The van der Waals surface area contributed by atoms with E-state index in [-0.39, 0.29) is 30.1 Å². The van der Waals surface area contributed by atoms with Crippen LogP contribution in [0.2, 0.25) is 0 Å². The quantitative estimate of drug-likeness (QED) is 0.743. The summed E-state index contributed by atoms with van der Waals surface area (Å²) in [5.41, 5.74) is 0. The van der Waals surface area contributed by atoms with Crippen molar-refractivity contribution in [2.24, 2.45) is 17.8 Å². The van der Waals surface area contributed by atoms with Crippen molar-refractivity contribution in [1.29, 1.82) is 0 Å². The molecule has 2 aliphatic rings. The lowest BCUT2D eigenvalue weighted by Gasteiger charge is -2.44. The predicted molar refractivity (Wildman–Crippen MR) is 81.9 cm³/mol. The number of hydrogen-bond acceptors (Lipinski definition) is 4. The van der Waals surface area contributed by atoms with Crippen LogP contribution < -0.4 is 0 Å². The smallest absolute Gasteiger partial charge is 0.0855 e. The lowest BCUT2D eigenvalue weighted by Crippen LogP contribution is -2.54. The van der Waals surface area contributed by atoms with Crippen molar-refractivity contribution in [1.82, 2.24) is 0 Å². The van der Waals surface area contributed by atoms with Gasteiger partial charge in [0.05, 0.1) is 30.5 Å². The highest BCUT2D eigenvalue weighted by molar-refractivity contribution is 4.92. The Bertz CT molecular complexity index is 322. The second-order valence-electron chi connectivity index (χ2n) is 7.02. The SMILES string of the molecule is CC[C@H]1CCC[C@@H](C[C@@H]2O[C@H](C)[C@H](O)[C@H](CC)[C@H]2O)[C@@H]1O. The predicted octanol–water partition coefficient (Wildman–Crippen LogP) is 2.10. The fourth-order valence-electron chi connectivity index (χ4n) is 4.31. The monoisotopic (exact) mass is 300 g/mol. The number of aliphatic hydroxyl groups is 3. The molecule has 124 valence electrons. The number of rotatable bonds is 4. The maximum Gasteiger partial charge on any atom is 0.0855 e. The Kier molecular flexibility index (Phi) is 6.06. The molecule has 21 heavy (non-hydrogen) atoms. The molecular weight excluding hydrogens is 268 g/mol. The molecule has 0 radical (unpaired) electrons. The first-order valence-corrected chi connectivity index (χ1v) is 8.69. The summed E-state index contributed by atoms with van der Waals surface area (Å²) in [5, 5.41) is 31.1. The Balaban J connectivity index is 2.01. The number of ether oxygens (including phenoxy) is 1. The molecule has 4 heteroatoms. The summed E-state index contributed by atoms with van der Waals surface area (Å²) in [6.45, 7) is 6.00. The zero-order valence-corrected chi connectivity index (χ0v) is 13.6. The molecule has 1 aliphatic heterocycles. The molecule has 1 aliphatic carbocycles. The van der Waals surface area contributed by atoms with Gasteiger partial charge in [0, 0.05) is 5.92 Å². The Morgan fingerprint density at radius 2 is 1.57 bits per heavy atom. The number of hydrogen-bond donors (Lipinski definition) is 3. The van der Waals surface area contributed by atoms with Crippen LogP contribution in [0.5, 0.6) is 0 Å². The van der Waals surface area contributed by atoms with Gasteiger partial charge in [0.25, 0.3) is 0 Å². The minimum Gasteiger partial charge on any atom is -0.393 e. The van der Waals surface area contributed by atoms with Gasteiger partial charge < -0.3 is 20.1 Å². The van der Waals surface area contributed by atoms with E-state index in [1.54, 1.807) is 0 Å². The minimum absolute atomic E-state index is 0.124. The first-order valence-electron chi connectivity index (χ1n) is 8.69. The summed E-state index contributed by atoms with van der Waals surface area (Å²) in [6.07, 6.45) is 3.72. The topological polar surface area (TPSA) is 69.9 Å². The van der Waals surface area contributed by atoms with Gasteiger partial charge in [-0.2, -0.15) is 0 Å². The third kappa shape index (κ3) is 3.61. The summed E-state index contributed by atoms with van der Waals surface area (Å²) in [5.74, 6) is 0.472. The van der Waals surface area contributed by atoms with Crippen molar-refractivity contribution >= 4 is 0 Å². The van der Waals surface area contributed by atoms with Gasteiger partial charge in [0.1, 0.15) is 0 Å². The highest BCUT2D eigenvalue weighted by atomic mass is 16.5. The molecule has 1 heterocycles. The highest BCUT2D eigenvalue weighted by Gasteiger charge is 2.43. The second kappa shape index (κ2) is 7.40. The minimum atomic E-state index is -0.629. The standard InChI is InChI=1S/C17H32O4/c1-4-11-7-6-8-12(16(11)19)9-14-17(20)13(5-2)15(18)10(3)21-14/h10-20H,4-9H2,1-3H3/t10-,11+,12+,13+,14+,15+,16-,17-/m1/s1. The summed E-state index contributed by atoms with van der Waals surface area (Å²) >= 11 is 0. The van der Waals surface area contributed by atoms with Crippen LogP contribution in [0.15, 0.2) is 0 Å². The van der Waals surface area contributed by atoms with Gasteiger partial charge in [-0.05, 0) is 44.4 Å². The Hall–Kier alpha value is -0.160. The van der Waals surface area contributed by atoms with E-state index in [2.05, 4.69) is 6.92 Å². The van der Waals surface area contributed by atoms with Gasteiger partial charge in [-0.1, -0.05) is 26.7 Å². The Morgan fingerprint density at radius 1 is 0.905 bits per heavy atom. The average molecular weight is 300 g/mol. The molecule has 3 N–H and O–H groups in total. The summed E-state index contributed by atoms with van der Waals surface area (Å²) in [7, 11) is 0. The van der Waals surface area contributed by atoms with Crippen molar-refractivity contribution in [3.8, 4) is 0 Å². The van der Waals surface area contributed by atoms with Crippen LogP contribution in [0.4, 0.5) is 0 Å². The van der Waals surface area contributed by atoms with Crippen LogP contribution in [0.25, 0.3) is 0 Å². The van der Waals surface area contributed by atoms with Gasteiger partial charge in [-0.25, -0.2) is 0 Å². The molecule has 4 nitrogen and oxygen atoms in total. The first kappa shape index (κ1) is 17.2. The fourth-order valence-corrected chi connectivity index (χ4v) is 4.31. The van der Waals surface area contributed by atoms with Crippen LogP contribution in [-0.4, -0.2) is 45.8 Å². The van der Waals surface area contributed by atoms with E-state index >= 15 is 0 Å². The van der Waals surface area contributed by atoms with Crippen molar-refractivity contribution in [3.05, 3.63) is 0 Å². The lowest BCUT2D eigenvalue weighted by atomic mass is 9.73. The maximum absolute atomic E-state index is 10.5. The fraction of sp³-hybridized carbons (Fsp3) is 1.00. The molecule has 0 spiro atoms. The van der Waals surface area contributed by atoms with Gasteiger partial charge >= 0.3 is 0 Å². The molecule has 2 rings (SSSR count). The third-order valence-corrected chi connectivity index (χ3v) is 5.78. The molecule has 0 amide bonds. The Labute approximate surface area is 128 Å². The van der Waals surface area contributed by atoms with Crippen LogP contribution in [-0.2, 0) is 4.74 Å². The largest absolute Gasteiger partial charge is 0.393 e. The van der Waals surface area contributed by atoms with E-state index in [9.17, 15) is 15.3 Å². The summed E-state index contributed by atoms with van der Waals surface area (Å²) in [6, 6.07) is 0. The molecule has 0 bridgehead atoms. The van der Waals surface area contributed by atoms with Gasteiger partial charge in [-0.3, -0.25) is 0 Å². The van der Waals surface area contributed by atoms with E-state index < -0.39 is 12.2 Å². The van der Waals surface area contributed by atoms with E-state index in [4.69, 9.17) is 4.74 Å². The summed E-state index contributed by atoms with van der Waals surface area (Å²) < 4.78 is 5.85. The van der Waals surface area contributed by atoms with E-state index in [0.717, 1.165) is 32.1 Å². The lowest BCUT2D eigenvalue weighted by molar-refractivity contribution is -0.203. The summed E-state index contributed by atoms with van der Waals surface area (Å²) in [4.78, 5) is 0. The molecule has 0 aromatic heterocycles. The van der Waals surface area contributed by atoms with Crippen LogP contribution in [0.1, 0.15) is 59.3 Å². The van der Waals surface area contributed by atoms with Gasteiger partial charge in [0.2, 0.25) is 0 Å². The third-order valence-electron chi connectivity index (χ3n) is 5.78. The van der Waals surface area contributed by atoms with Crippen molar-refractivity contribution in [2.75, 3.05) is 0 Å². The van der Waals surface area contributed by atoms with Crippen molar-refractivity contribution in [3.63, 3.8) is 0 Å². The molecule has 0 aromatic rings. The van der Waals surface area contributed by atoms with Gasteiger partial charge in [0.15, 0.2) is 0 Å². The zero-order chi connectivity index (χ0) is 15.6. The molecular formula is C17H32O4. The molecule has 1 saturated heterocycles. The van der Waals surface area contributed by atoms with Gasteiger partial charge in [-0.15, -0.1) is 0 Å². The molecule has 2 fully saturated rings. The molecule has 1 saturated carbocycles. The van der Waals surface area contributed by atoms with Crippen molar-refractivity contribution < 1.29 is 20.1 Å². The van der Waals surface area contributed by atoms with Crippen LogP contribution >= 0.6 is 0 Å². The second-order valence-corrected chi connectivity index (χ2v) is 7.02. The van der Waals surface area contributed by atoms with E-state index in [1.807, 2.05) is 13.8 Å². The van der Waals surface area contributed by atoms with E-state index in [1.165, 1.54) is 0 Å². The molecule has 8 atom stereocenters. The normalized spacial score (nSPS) is 48.3. The maximum atomic E-state index is 10.5. The van der Waals surface area contributed by atoms with Crippen LogP contribution in [0.3, 0.4) is 0 Å². The molecule has 0 aromatic carbocycles. The first-order chi connectivity index (χ1) is 9.99. The van der Waals surface area contributed by atoms with Crippen LogP contribution in [0, 0.1) is 17.8 Å². The average Bonchev–Trinajstić information content (AvgIpc) is 2.47. The van der Waals surface area contributed by atoms with Crippen molar-refractivity contribution in [2.45, 2.75) is 89.8 Å². The highest BCUT2D eigenvalue weighted by Crippen LogP contribution is 2.38.